The Kier molecular flexibility index (Phi) is 9.07. The van der Waals surface area contributed by atoms with E-state index < -0.39 is 8.07 Å². The van der Waals surface area contributed by atoms with Crippen LogP contribution in [-0.4, -0.2) is 12.9 Å². The van der Waals surface area contributed by atoms with Gasteiger partial charge in [0, 0.05) is 0 Å². The molecule has 0 aliphatic carbocycles. The van der Waals surface area contributed by atoms with Crippen LogP contribution in [0.4, 0.5) is 0 Å². The Morgan fingerprint density at radius 1 is 1.19 bits per heavy atom. The molecule has 0 aromatic rings. The van der Waals surface area contributed by atoms with Gasteiger partial charge in [0.25, 0.3) is 0 Å². The molecule has 0 bridgehead atoms. The van der Waals surface area contributed by atoms with Gasteiger partial charge in [-0.05, 0) is 25.7 Å². The van der Waals surface area contributed by atoms with Gasteiger partial charge in [-0.15, -0.1) is 5.54 Å². The van der Waals surface area contributed by atoms with Crippen LogP contribution in [0.15, 0.2) is 12.2 Å². The van der Waals surface area contributed by atoms with E-state index in [1.54, 1.807) is 0 Å². The van der Waals surface area contributed by atoms with E-state index in [1.807, 2.05) is 0 Å². The molecular formula is C14H25BrSi. The van der Waals surface area contributed by atoms with E-state index in [1.165, 1.54) is 25.7 Å². The molecule has 0 heterocycles. The van der Waals surface area contributed by atoms with Gasteiger partial charge >= 0.3 is 0 Å². The molecule has 0 saturated carbocycles. The molecule has 0 aromatic heterocycles. The van der Waals surface area contributed by atoms with E-state index in [9.17, 15) is 0 Å². The number of unbranched alkanes of at least 4 members (excludes halogenated alkanes) is 2. The van der Waals surface area contributed by atoms with Crippen molar-refractivity contribution in [3.05, 3.63) is 12.2 Å². The minimum atomic E-state index is -1.19. The smallest absolute Gasteiger partial charge is 0.129 e. The molecule has 0 aliphatic heterocycles. The van der Waals surface area contributed by atoms with Crippen LogP contribution in [0, 0.1) is 11.5 Å². The number of hydrogen-bond donors (Lipinski definition) is 0. The highest BCUT2D eigenvalue weighted by Gasteiger charge is 2.08. The van der Waals surface area contributed by atoms with Gasteiger partial charge < -0.3 is 0 Å². The first-order chi connectivity index (χ1) is 7.45. The van der Waals surface area contributed by atoms with E-state index >= 15 is 0 Å². The van der Waals surface area contributed by atoms with Gasteiger partial charge in [-0.25, -0.2) is 0 Å². The summed E-state index contributed by atoms with van der Waals surface area (Å²) in [6.45, 7) is 9.04. The van der Waals surface area contributed by atoms with Crippen LogP contribution < -0.4 is 0 Å². The Bertz CT molecular complexity index is 252. The van der Waals surface area contributed by atoms with Crippen LogP contribution in [0.5, 0.6) is 0 Å². The maximum atomic E-state index is 3.64. The molecule has 2 heteroatoms. The van der Waals surface area contributed by atoms with Gasteiger partial charge in [-0.3, -0.25) is 0 Å². The second-order valence-corrected chi connectivity index (χ2v) is 11.0. The molecule has 92 valence electrons. The molecule has 0 saturated heterocycles. The zero-order valence-electron chi connectivity index (χ0n) is 11.1. The molecule has 1 atom stereocenters. The molecule has 0 spiro atoms. The van der Waals surface area contributed by atoms with Crippen LogP contribution in [0.25, 0.3) is 0 Å². The van der Waals surface area contributed by atoms with E-state index in [0.29, 0.717) is 4.83 Å². The molecule has 0 amide bonds. The zero-order chi connectivity index (χ0) is 12.4. The van der Waals surface area contributed by atoms with Crippen LogP contribution in [0.1, 0.15) is 39.0 Å². The predicted molar refractivity (Wildman–Crippen MR) is 81.7 cm³/mol. The molecule has 0 aliphatic rings. The third kappa shape index (κ3) is 12.1. The Labute approximate surface area is 111 Å². The standard InChI is InChI=1S/C14H25BrSi/c1-5-6-7-8-9-10-11-14(15)12-13-16(2,3)4/h6-7,14H,5,8-11H2,1-4H3/b7-6-. The summed E-state index contributed by atoms with van der Waals surface area (Å²) in [5, 5.41) is 0. The lowest BCUT2D eigenvalue weighted by atomic mass is 10.1. The van der Waals surface area contributed by atoms with Gasteiger partial charge in [-0.2, -0.15) is 0 Å². The fourth-order valence-electron chi connectivity index (χ4n) is 1.24. The molecule has 16 heavy (non-hydrogen) atoms. The SMILES string of the molecule is CC/C=C\CCCCC(Br)C#C[Si](C)(C)C. The Balaban J connectivity index is 3.61. The molecule has 0 N–H and O–H groups in total. The first-order valence-corrected chi connectivity index (χ1v) is 10.7. The minimum Gasteiger partial charge on any atom is -0.131 e. The fraction of sp³-hybridized carbons (Fsp3) is 0.714. The monoisotopic (exact) mass is 300 g/mol. The van der Waals surface area contributed by atoms with Crippen LogP contribution in [0.3, 0.4) is 0 Å². The summed E-state index contributed by atoms with van der Waals surface area (Å²) in [4.78, 5) is 0.398. The van der Waals surface area contributed by atoms with E-state index in [2.05, 4.69) is 66.1 Å². The van der Waals surface area contributed by atoms with Crippen LogP contribution >= 0.6 is 15.9 Å². The summed E-state index contributed by atoms with van der Waals surface area (Å²) in [6, 6.07) is 0. The maximum absolute atomic E-state index is 3.64. The lowest BCUT2D eigenvalue weighted by Crippen LogP contribution is -2.17. The molecule has 0 aromatic carbocycles. The average molecular weight is 301 g/mol. The van der Waals surface area contributed by atoms with Crippen molar-refractivity contribution in [3.63, 3.8) is 0 Å². The number of rotatable bonds is 6. The summed E-state index contributed by atoms with van der Waals surface area (Å²) in [5.74, 6) is 3.34. The van der Waals surface area contributed by atoms with Crippen molar-refractivity contribution in [2.75, 3.05) is 0 Å². The second-order valence-electron chi connectivity index (χ2n) is 5.15. The lowest BCUT2D eigenvalue weighted by molar-refractivity contribution is 0.712. The molecule has 0 radical (unpaired) electrons. The van der Waals surface area contributed by atoms with Crippen molar-refractivity contribution in [2.45, 2.75) is 63.5 Å². The zero-order valence-corrected chi connectivity index (χ0v) is 13.7. The first-order valence-electron chi connectivity index (χ1n) is 6.27. The topological polar surface area (TPSA) is 0 Å². The van der Waals surface area contributed by atoms with Gasteiger partial charge in [-0.1, -0.05) is 67.0 Å². The first kappa shape index (κ1) is 16.0. The van der Waals surface area contributed by atoms with Gasteiger partial charge in [0.05, 0.1) is 4.83 Å². The maximum Gasteiger partial charge on any atom is 0.129 e. The lowest BCUT2D eigenvalue weighted by Gasteiger charge is -2.06. The largest absolute Gasteiger partial charge is 0.131 e. The molecule has 0 fully saturated rings. The Morgan fingerprint density at radius 3 is 2.44 bits per heavy atom. The van der Waals surface area contributed by atoms with Crippen LogP contribution in [-0.2, 0) is 0 Å². The average Bonchev–Trinajstić information content (AvgIpc) is 2.19. The summed E-state index contributed by atoms with van der Waals surface area (Å²) < 4.78 is 0. The highest BCUT2D eigenvalue weighted by Crippen LogP contribution is 2.11. The molecule has 1 unspecified atom stereocenters. The highest BCUT2D eigenvalue weighted by molar-refractivity contribution is 9.09. The summed E-state index contributed by atoms with van der Waals surface area (Å²) in [7, 11) is -1.19. The molecular weight excluding hydrogens is 276 g/mol. The minimum absolute atomic E-state index is 0.398. The normalized spacial score (nSPS) is 13.6. The number of halogens is 1. The predicted octanol–water partition coefficient (Wildman–Crippen LogP) is 5.16. The second kappa shape index (κ2) is 9.07. The molecule has 0 rings (SSSR count). The van der Waals surface area contributed by atoms with Crippen molar-refractivity contribution in [3.8, 4) is 11.5 Å². The van der Waals surface area contributed by atoms with Gasteiger partial charge in [0.2, 0.25) is 0 Å². The number of allylic oxidation sites excluding steroid dienone is 2. The summed E-state index contributed by atoms with van der Waals surface area (Å²) >= 11 is 3.64. The van der Waals surface area contributed by atoms with Gasteiger partial charge in [0.1, 0.15) is 8.07 Å². The van der Waals surface area contributed by atoms with Crippen molar-refractivity contribution >= 4 is 24.0 Å². The van der Waals surface area contributed by atoms with Crippen molar-refractivity contribution in [1.29, 1.82) is 0 Å². The number of alkyl halides is 1. The van der Waals surface area contributed by atoms with E-state index in [0.717, 1.165) is 6.42 Å². The van der Waals surface area contributed by atoms with Crippen LogP contribution in [0.2, 0.25) is 19.6 Å². The van der Waals surface area contributed by atoms with E-state index in [4.69, 9.17) is 0 Å². The van der Waals surface area contributed by atoms with Crippen molar-refractivity contribution in [2.24, 2.45) is 0 Å². The van der Waals surface area contributed by atoms with E-state index in [-0.39, 0.29) is 0 Å². The fourth-order valence-corrected chi connectivity index (χ4v) is 2.49. The Morgan fingerprint density at radius 2 is 1.88 bits per heavy atom. The third-order valence-electron chi connectivity index (χ3n) is 2.08. The summed E-state index contributed by atoms with van der Waals surface area (Å²) in [6.07, 6.45) is 10.6. The van der Waals surface area contributed by atoms with Crippen molar-refractivity contribution < 1.29 is 0 Å². The van der Waals surface area contributed by atoms with Gasteiger partial charge in [0.15, 0.2) is 0 Å². The third-order valence-corrected chi connectivity index (χ3v) is 3.67. The van der Waals surface area contributed by atoms with Crippen molar-refractivity contribution in [1.82, 2.24) is 0 Å². The number of hydrogen-bond acceptors (Lipinski definition) is 0. The molecule has 0 nitrogen and oxygen atoms in total. The summed E-state index contributed by atoms with van der Waals surface area (Å²) in [5.41, 5.74) is 3.41. The Hall–Kier alpha value is -0.00312. The highest BCUT2D eigenvalue weighted by atomic mass is 79.9. The quantitative estimate of drug-likeness (QED) is 0.209.